The maximum Gasteiger partial charge on any atom is 0.258 e. The lowest BCUT2D eigenvalue weighted by molar-refractivity contribution is -0.0466. The van der Waals surface area contributed by atoms with Gasteiger partial charge in [-0.1, -0.05) is 53.7 Å². The molecule has 0 saturated carbocycles. The summed E-state index contributed by atoms with van der Waals surface area (Å²) in [5.74, 6) is -0.0115. The van der Waals surface area contributed by atoms with Crippen LogP contribution in [0.25, 0.3) is 0 Å². The van der Waals surface area contributed by atoms with E-state index in [4.69, 9.17) is 13.9 Å². The molecule has 0 radical (unpaired) electrons. The minimum atomic E-state index is -2.18. The van der Waals surface area contributed by atoms with Gasteiger partial charge in [-0.05, 0) is 22.7 Å². The van der Waals surface area contributed by atoms with Crippen LogP contribution in [0.5, 0.6) is 5.75 Å². The van der Waals surface area contributed by atoms with Crippen LogP contribution in [-0.2, 0) is 9.47 Å². The van der Waals surface area contributed by atoms with Crippen LogP contribution < -0.4 is 4.43 Å². The van der Waals surface area contributed by atoms with Crippen LogP contribution in [0, 0.1) is 5.82 Å². The molecule has 0 unspecified atom stereocenters. The summed E-state index contributed by atoms with van der Waals surface area (Å²) < 4.78 is 32.3. The molecule has 0 amide bonds. The number of hydrogen-bond acceptors (Lipinski definition) is 3. The molecule has 3 nitrogen and oxygen atoms in total. The second-order valence-electron chi connectivity index (χ2n) is 7.15. The highest BCUT2D eigenvalue weighted by Crippen LogP contribution is 2.44. The molecule has 1 heterocycles. The van der Waals surface area contributed by atoms with Gasteiger partial charge in [-0.2, -0.15) is 0 Å². The van der Waals surface area contributed by atoms with Crippen molar-refractivity contribution in [3.8, 4) is 5.75 Å². The van der Waals surface area contributed by atoms with E-state index in [1.54, 1.807) is 12.1 Å². The molecule has 0 spiro atoms. The van der Waals surface area contributed by atoms with E-state index in [0.29, 0.717) is 41.2 Å². The van der Waals surface area contributed by atoms with E-state index in [1.807, 2.05) is 6.07 Å². The van der Waals surface area contributed by atoms with Gasteiger partial charge in [0.25, 0.3) is 8.32 Å². The average Bonchev–Trinajstić information content (AvgIpc) is 2.99. The van der Waals surface area contributed by atoms with Crippen LogP contribution in [0.2, 0.25) is 16.6 Å². The van der Waals surface area contributed by atoms with E-state index in [1.165, 1.54) is 0 Å². The Morgan fingerprint density at radius 1 is 1.00 bits per heavy atom. The van der Waals surface area contributed by atoms with Crippen LogP contribution in [-0.4, -0.2) is 21.5 Å². The Labute approximate surface area is 140 Å². The Balaban J connectivity index is 2.39. The molecule has 1 aromatic rings. The minimum Gasteiger partial charge on any atom is -0.541 e. The minimum absolute atomic E-state index is 0.337. The maximum absolute atomic E-state index is 15.0. The summed E-state index contributed by atoms with van der Waals surface area (Å²) in [6, 6.07) is 5.25. The standard InChI is InChI=1S/C18H29FO3Si/c1-12(2)23(13(3)4,14(5)6)22-16-9-7-8-15(17(16)19)18-20-10-11-21-18/h7-9,12-14,18H,10-11H2,1-6H3. The Kier molecular flexibility index (Phi) is 5.87. The Hall–Kier alpha value is -0.913. The van der Waals surface area contributed by atoms with Crippen molar-refractivity contribution < 1.29 is 18.3 Å². The summed E-state index contributed by atoms with van der Waals surface area (Å²) in [6.07, 6.45) is -0.619. The molecule has 0 atom stereocenters. The van der Waals surface area contributed by atoms with Gasteiger partial charge >= 0.3 is 0 Å². The molecule has 2 rings (SSSR count). The summed E-state index contributed by atoms with van der Waals surface area (Å²) in [4.78, 5) is 0. The molecule has 0 bridgehead atoms. The van der Waals surface area contributed by atoms with Crippen molar-refractivity contribution in [2.45, 2.75) is 64.5 Å². The van der Waals surface area contributed by atoms with Gasteiger partial charge in [-0.15, -0.1) is 0 Å². The van der Waals surface area contributed by atoms with Crippen molar-refractivity contribution in [2.24, 2.45) is 0 Å². The van der Waals surface area contributed by atoms with Crippen molar-refractivity contribution in [3.63, 3.8) is 0 Å². The first kappa shape index (κ1) is 18.4. The fourth-order valence-electron chi connectivity index (χ4n) is 3.87. The third kappa shape index (κ3) is 3.46. The van der Waals surface area contributed by atoms with Crippen LogP contribution in [0.15, 0.2) is 18.2 Å². The normalized spacial score (nSPS) is 16.8. The van der Waals surface area contributed by atoms with Gasteiger partial charge in [-0.25, -0.2) is 4.39 Å². The molecule has 1 aromatic carbocycles. The second kappa shape index (κ2) is 7.32. The van der Waals surface area contributed by atoms with Gasteiger partial charge in [0, 0.05) is 5.56 Å². The topological polar surface area (TPSA) is 27.7 Å². The lowest BCUT2D eigenvalue weighted by Gasteiger charge is -2.42. The smallest absolute Gasteiger partial charge is 0.258 e. The monoisotopic (exact) mass is 340 g/mol. The first-order chi connectivity index (χ1) is 10.8. The van der Waals surface area contributed by atoms with E-state index in [2.05, 4.69) is 41.5 Å². The number of benzene rings is 1. The highest BCUT2D eigenvalue weighted by atomic mass is 28.4. The number of ether oxygens (including phenoxy) is 2. The van der Waals surface area contributed by atoms with Crippen LogP contribution >= 0.6 is 0 Å². The summed E-state index contributed by atoms with van der Waals surface area (Å²) in [5, 5.41) is 0. The molecule has 0 N–H and O–H groups in total. The molecule has 1 saturated heterocycles. The highest BCUT2D eigenvalue weighted by Gasteiger charge is 2.47. The number of rotatable bonds is 6. The van der Waals surface area contributed by atoms with Crippen LogP contribution in [0.4, 0.5) is 4.39 Å². The number of halogens is 1. The highest BCUT2D eigenvalue weighted by molar-refractivity contribution is 6.78. The Bertz CT molecular complexity index is 503. The molecule has 130 valence electrons. The lowest BCUT2D eigenvalue weighted by Crippen LogP contribution is -2.50. The van der Waals surface area contributed by atoms with Crippen LogP contribution in [0.1, 0.15) is 53.4 Å². The van der Waals surface area contributed by atoms with Crippen molar-refractivity contribution in [1.29, 1.82) is 0 Å². The van der Waals surface area contributed by atoms with Crippen molar-refractivity contribution in [2.75, 3.05) is 13.2 Å². The Morgan fingerprint density at radius 3 is 2.00 bits per heavy atom. The summed E-state index contributed by atoms with van der Waals surface area (Å²) in [7, 11) is -2.18. The van der Waals surface area contributed by atoms with E-state index >= 15 is 0 Å². The first-order valence-corrected chi connectivity index (χ1v) is 10.6. The second-order valence-corrected chi connectivity index (χ2v) is 12.5. The van der Waals surface area contributed by atoms with Crippen LogP contribution in [0.3, 0.4) is 0 Å². The van der Waals surface area contributed by atoms with Gasteiger partial charge in [0.05, 0.1) is 13.2 Å². The third-order valence-corrected chi connectivity index (χ3v) is 10.9. The fourth-order valence-corrected chi connectivity index (χ4v) is 9.12. The van der Waals surface area contributed by atoms with Crippen molar-refractivity contribution >= 4 is 8.32 Å². The summed E-state index contributed by atoms with van der Waals surface area (Å²) >= 11 is 0. The van der Waals surface area contributed by atoms with Gasteiger partial charge in [-0.3, -0.25) is 0 Å². The predicted molar refractivity (Wildman–Crippen MR) is 92.7 cm³/mol. The first-order valence-electron chi connectivity index (χ1n) is 8.51. The molecular weight excluding hydrogens is 311 g/mol. The molecule has 5 heteroatoms. The lowest BCUT2D eigenvalue weighted by atomic mass is 10.2. The fraction of sp³-hybridized carbons (Fsp3) is 0.667. The third-order valence-electron chi connectivity index (χ3n) is 4.86. The van der Waals surface area contributed by atoms with Crippen molar-refractivity contribution in [3.05, 3.63) is 29.6 Å². The quantitative estimate of drug-likeness (QED) is 0.647. The predicted octanol–water partition coefficient (Wildman–Crippen LogP) is 5.43. The van der Waals surface area contributed by atoms with Gasteiger partial charge in [0.2, 0.25) is 0 Å². The molecule has 1 fully saturated rings. The maximum atomic E-state index is 15.0. The zero-order valence-electron chi connectivity index (χ0n) is 15.1. The average molecular weight is 341 g/mol. The zero-order valence-corrected chi connectivity index (χ0v) is 16.1. The van der Waals surface area contributed by atoms with E-state index in [0.717, 1.165) is 0 Å². The van der Waals surface area contributed by atoms with Gasteiger partial charge in [0.15, 0.2) is 12.1 Å². The molecular formula is C18H29FO3Si. The molecule has 23 heavy (non-hydrogen) atoms. The molecule has 0 aliphatic carbocycles. The van der Waals surface area contributed by atoms with E-state index in [9.17, 15) is 4.39 Å². The van der Waals surface area contributed by atoms with Gasteiger partial charge in [0.1, 0.15) is 5.75 Å². The largest absolute Gasteiger partial charge is 0.541 e. The van der Waals surface area contributed by atoms with E-state index < -0.39 is 14.6 Å². The zero-order chi connectivity index (χ0) is 17.2. The number of hydrogen-bond donors (Lipinski definition) is 0. The Morgan fingerprint density at radius 2 is 1.52 bits per heavy atom. The van der Waals surface area contributed by atoms with E-state index in [-0.39, 0.29) is 5.82 Å². The molecule has 1 aliphatic rings. The summed E-state index contributed by atoms with van der Waals surface area (Å²) in [6.45, 7) is 14.1. The molecule has 0 aromatic heterocycles. The van der Waals surface area contributed by atoms with Crippen molar-refractivity contribution in [1.82, 2.24) is 0 Å². The SMILES string of the molecule is CC(C)[Si](Oc1cccc(C2OCCO2)c1F)(C(C)C)C(C)C. The summed E-state index contributed by atoms with van der Waals surface area (Å²) in [5.41, 5.74) is 1.61. The molecule has 1 aliphatic heterocycles. The van der Waals surface area contributed by atoms with Gasteiger partial charge < -0.3 is 13.9 Å².